The first kappa shape index (κ1) is 18.9. The van der Waals surface area contributed by atoms with E-state index >= 15 is 0 Å². The molecule has 4 heteroatoms. The van der Waals surface area contributed by atoms with Gasteiger partial charge in [0.25, 0.3) is 5.91 Å². The molecule has 0 aromatic heterocycles. The molecule has 134 valence electrons. The van der Waals surface area contributed by atoms with E-state index < -0.39 is 5.60 Å². The number of nitrogens with zero attached hydrogens (tertiary/aromatic N) is 1. The summed E-state index contributed by atoms with van der Waals surface area (Å²) in [6.07, 6.45) is 6.31. The van der Waals surface area contributed by atoms with E-state index in [9.17, 15) is 9.90 Å². The summed E-state index contributed by atoms with van der Waals surface area (Å²) in [5, 5.41) is 19.0. The lowest BCUT2D eigenvalue weighted by atomic mass is 9.95. The van der Waals surface area contributed by atoms with Gasteiger partial charge in [-0.05, 0) is 76.5 Å². The number of aliphatic hydroxyl groups excluding tert-OH is 1. The predicted molar refractivity (Wildman–Crippen MR) is 96.1 cm³/mol. The van der Waals surface area contributed by atoms with Crippen LogP contribution in [0.1, 0.15) is 68.3 Å². The fourth-order valence-electron chi connectivity index (χ4n) is 3.37. The molecule has 0 spiro atoms. The van der Waals surface area contributed by atoms with Gasteiger partial charge in [-0.3, -0.25) is 4.79 Å². The molecule has 1 heterocycles. The summed E-state index contributed by atoms with van der Waals surface area (Å²) < 4.78 is 0. The summed E-state index contributed by atoms with van der Waals surface area (Å²) in [5.74, 6) is 0.0998. The zero-order valence-electron chi connectivity index (χ0n) is 15.0. The molecule has 0 unspecified atom stereocenters. The van der Waals surface area contributed by atoms with E-state index in [4.69, 9.17) is 5.11 Å². The molecule has 0 aliphatic carbocycles. The van der Waals surface area contributed by atoms with Crippen LogP contribution in [0.4, 0.5) is 0 Å². The van der Waals surface area contributed by atoms with Gasteiger partial charge in [0.1, 0.15) is 0 Å². The van der Waals surface area contributed by atoms with Gasteiger partial charge in [0.15, 0.2) is 0 Å². The van der Waals surface area contributed by atoms with Crippen LogP contribution in [0.2, 0.25) is 0 Å². The van der Waals surface area contributed by atoms with Gasteiger partial charge in [-0.1, -0.05) is 12.1 Å². The first-order valence-corrected chi connectivity index (χ1v) is 9.14. The normalized spacial score (nSPS) is 18.7. The third kappa shape index (κ3) is 5.60. The van der Waals surface area contributed by atoms with Crippen LogP contribution in [0.25, 0.3) is 0 Å². The van der Waals surface area contributed by atoms with Crippen molar-refractivity contribution >= 4 is 5.91 Å². The lowest BCUT2D eigenvalue weighted by molar-refractivity contribution is 0.0590. The van der Waals surface area contributed by atoms with Crippen molar-refractivity contribution in [3.05, 3.63) is 35.4 Å². The molecule has 1 amide bonds. The van der Waals surface area contributed by atoms with E-state index in [1.165, 1.54) is 0 Å². The monoisotopic (exact) mass is 333 g/mol. The minimum Gasteiger partial charge on any atom is -0.396 e. The Balaban J connectivity index is 2.07. The third-order valence-electron chi connectivity index (χ3n) is 4.78. The van der Waals surface area contributed by atoms with Crippen LogP contribution in [0.3, 0.4) is 0 Å². The highest BCUT2D eigenvalue weighted by Gasteiger charge is 2.27. The van der Waals surface area contributed by atoms with E-state index in [0.29, 0.717) is 6.42 Å². The second kappa shape index (κ2) is 8.63. The van der Waals surface area contributed by atoms with Gasteiger partial charge in [0.2, 0.25) is 0 Å². The molecule has 1 aromatic rings. The molecular weight excluding hydrogens is 302 g/mol. The minimum atomic E-state index is -0.692. The maximum Gasteiger partial charge on any atom is 0.254 e. The molecule has 2 rings (SSSR count). The fourth-order valence-corrected chi connectivity index (χ4v) is 3.37. The molecule has 4 nitrogen and oxygen atoms in total. The van der Waals surface area contributed by atoms with Crippen molar-refractivity contribution < 1.29 is 15.0 Å². The van der Waals surface area contributed by atoms with Crippen LogP contribution in [-0.2, 0) is 6.42 Å². The van der Waals surface area contributed by atoms with Gasteiger partial charge >= 0.3 is 0 Å². The van der Waals surface area contributed by atoms with E-state index in [0.717, 1.165) is 56.2 Å². The predicted octanol–water partition coefficient (Wildman–Crippen LogP) is 3.16. The number of aryl methyl sites for hydroxylation is 1. The van der Waals surface area contributed by atoms with Crippen molar-refractivity contribution in [3.63, 3.8) is 0 Å². The Labute approximate surface area is 145 Å². The van der Waals surface area contributed by atoms with Gasteiger partial charge in [-0.15, -0.1) is 0 Å². The number of rotatable bonds is 7. The van der Waals surface area contributed by atoms with Crippen molar-refractivity contribution in [3.8, 4) is 0 Å². The number of hydrogen-bond acceptors (Lipinski definition) is 3. The largest absolute Gasteiger partial charge is 0.396 e. The summed E-state index contributed by atoms with van der Waals surface area (Å²) in [4.78, 5) is 14.9. The summed E-state index contributed by atoms with van der Waals surface area (Å²) >= 11 is 0. The number of carbonyl (C=O) groups is 1. The molecule has 2 N–H and O–H groups in total. The fraction of sp³-hybridized carbons (Fsp3) is 0.650. The van der Waals surface area contributed by atoms with Gasteiger partial charge in [0.05, 0.1) is 5.60 Å². The van der Waals surface area contributed by atoms with Gasteiger partial charge in [0, 0.05) is 24.8 Å². The summed E-state index contributed by atoms with van der Waals surface area (Å²) in [7, 11) is 0. The molecule has 1 atom stereocenters. The van der Waals surface area contributed by atoms with Crippen molar-refractivity contribution in [1.29, 1.82) is 0 Å². The summed E-state index contributed by atoms with van der Waals surface area (Å²) in [5.41, 5.74) is 1.13. The van der Waals surface area contributed by atoms with Gasteiger partial charge < -0.3 is 15.1 Å². The molecule has 24 heavy (non-hydrogen) atoms. The number of hydrogen-bond donors (Lipinski definition) is 2. The number of aliphatic hydroxyl groups is 2. The van der Waals surface area contributed by atoms with Gasteiger partial charge in [-0.2, -0.15) is 0 Å². The molecule has 0 bridgehead atoms. The highest BCUT2D eigenvalue weighted by Crippen LogP contribution is 2.23. The summed E-state index contributed by atoms with van der Waals surface area (Å²) in [6.45, 7) is 4.61. The second-order valence-electron chi connectivity index (χ2n) is 7.53. The molecule has 1 aromatic carbocycles. The average molecular weight is 333 g/mol. The maximum absolute atomic E-state index is 12.9. The number of carbonyl (C=O) groups excluding carboxylic acids is 1. The minimum absolute atomic E-state index is 0.0998. The molecule has 0 saturated carbocycles. The maximum atomic E-state index is 12.9. The Morgan fingerprint density at radius 2 is 2.12 bits per heavy atom. The summed E-state index contributed by atoms with van der Waals surface area (Å²) in [6, 6.07) is 8.04. The smallest absolute Gasteiger partial charge is 0.254 e. The molecule has 1 saturated heterocycles. The van der Waals surface area contributed by atoms with E-state index in [2.05, 4.69) is 0 Å². The lowest BCUT2D eigenvalue weighted by Gasteiger charge is -2.36. The standard InChI is InChI=1S/C20H31NO3/c1-20(2,24)12-11-16-7-5-8-17(15-16)19(23)21-13-4-3-9-18(21)10-6-14-22/h5,7-8,15,18,22,24H,3-4,6,9-14H2,1-2H3/t18-/m1/s1. The van der Waals surface area contributed by atoms with E-state index in [-0.39, 0.29) is 18.6 Å². The van der Waals surface area contributed by atoms with Crippen molar-refractivity contribution in [2.45, 2.75) is 70.4 Å². The van der Waals surface area contributed by atoms with E-state index in [1.54, 1.807) is 0 Å². The highest BCUT2D eigenvalue weighted by atomic mass is 16.3. The van der Waals surface area contributed by atoms with Crippen molar-refractivity contribution in [2.75, 3.05) is 13.2 Å². The van der Waals surface area contributed by atoms with Crippen LogP contribution in [0.5, 0.6) is 0 Å². The van der Waals surface area contributed by atoms with Crippen molar-refractivity contribution in [2.24, 2.45) is 0 Å². The van der Waals surface area contributed by atoms with Gasteiger partial charge in [-0.25, -0.2) is 0 Å². The Kier molecular flexibility index (Phi) is 6.81. The van der Waals surface area contributed by atoms with Crippen LogP contribution >= 0.6 is 0 Å². The Hall–Kier alpha value is -1.39. The Morgan fingerprint density at radius 3 is 2.83 bits per heavy atom. The molecule has 1 fully saturated rings. The zero-order valence-corrected chi connectivity index (χ0v) is 15.0. The van der Waals surface area contributed by atoms with Crippen LogP contribution < -0.4 is 0 Å². The number of benzene rings is 1. The lowest BCUT2D eigenvalue weighted by Crippen LogP contribution is -2.43. The molecule has 1 aliphatic rings. The van der Waals surface area contributed by atoms with Crippen molar-refractivity contribution in [1.82, 2.24) is 4.90 Å². The first-order valence-electron chi connectivity index (χ1n) is 9.14. The SMILES string of the molecule is CC(C)(O)CCc1cccc(C(=O)N2CCCC[C@@H]2CCCO)c1. The second-order valence-corrected chi connectivity index (χ2v) is 7.53. The molecule has 0 radical (unpaired) electrons. The first-order chi connectivity index (χ1) is 11.4. The van der Waals surface area contributed by atoms with Crippen LogP contribution in [0.15, 0.2) is 24.3 Å². The van der Waals surface area contributed by atoms with E-state index in [1.807, 2.05) is 43.0 Å². The molecular formula is C20H31NO3. The number of amides is 1. The topological polar surface area (TPSA) is 60.8 Å². The number of piperidine rings is 1. The average Bonchev–Trinajstić information content (AvgIpc) is 2.57. The Morgan fingerprint density at radius 1 is 1.33 bits per heavy atom. The van der Waals surface area contributed by atoms with Crippen LogP contribution in [0, 0.1) is 0 Å². The van der Waals surface area contributed by atoms with Crippen LogP contribution in [-0.4, -0.2) is 45.8 Å². The quantitative estimate of drug-likeness (QED) is 0.806. The Bertz CT molecular complexity index is 536. The third-order valence-corrected chi connectivity index (χ3v) is 4.78. The molecule has 1 aliphatic heterocycles. The number of likely N-dealkylation sites (tertiary alicyclic amines) is 1. The highest BCUT2D eigenvalue weighted by molar-refractivity contribution is 5.94. The zero-order chi connectivity index (χ0) is 17.6.